The molecule has 1 aromatic heterocycles. The summed E-state index contributed by atoms with van der Waals surface area (Å²) in [5.41, 5.74) is 1.29. The molecular weight excluding hydrogens is 285 g/mol. The predicted molar refractivity (Wildman–Crippen MR) is 75.6 cm³/mol. The van der Waals surface area contributed by atoms with E-state index in [2.05, 4.69) is 10.4 Å². The normalized spacial score (nSPS) is 12.2. The number of benzene rings is 1. The molecule has 19 heavy (non-hydrogen) atoms. The Bertz CT molecular complexity index is 610. The summed E-state index contributed by atoms with van der Waals surface area (Å²) in [6, 6.07) is 4.64. The first-order chi connectivity index (χ1) is 8.97. The van der Waals surface area contributed by atoms with Gasteiger partial charge in [0, 0.05) is 23.8 Å². The number of nitrogens with zero attached hydrogens (tertiary/aromatic N) is 2. The third kappa shape index (κ3) is 3.28. The van der Waals surface area contributed by atoms with Gasteiger partial charge < -0.3 is 5.32 Å². The topological polar surface area (TPSA) is 46.9 Å². The zero-order valence-corrected chi connectivity index (χ0v) is 12.0. The second-order valence-corrected chi connectivity index (χ2v) is 5.11. The van der Waals surface area contributed by atoms with Gasteiger partial charge in [-0.15, -0.1) is 0 Å². The zero-order chi connectivity index (χ0) is 14.0. The number of nitrogens with one attached hydrogen (secondary N) is 1. The Morgan fingerprint density at radius 3 is 2.79 bits per heavy atom. The van der Waals surface area contributed by atoms with Gasteiger partial charge in [0.1, 0.15) is 0 Å². The number of carbonyl (C=O) groups is 1. The monoisotopic (exact) mass is 297 g/mol. The van der Waals surface area contributed by atoms with Gasteiger partial charge in [-0.1, -0.05) is 23.2 Å². The molecule has 0 aliphatic heterocycles. The number of rotatable bonds is 3. The van der Waals surface area contributed by atoms with Crippen LogP contribution in [0.5, 0.6) is 0 Å². The molecule has 0 aliphatic carbocycles. The zero-order valence-electron chi connectivity index (χ0n) is 10.5. The van der Waals surface area contributed by atoms with E-state index in [1.54, 1.807) is 29.1 Å². The van der Waals surface area contributed by atoms with Crippen LogP contribution in [0, 0.1) is 0 Å². The first kappa shape index (κ1) is 13.9. The third-order valence-electron chi connectivity index (χ3n) is 2.75. The molecule has 6 heteroatoms. The van der Waals surface area contributed by atoms with Crippen LogP contribution in [-0.2, 0) is 7.05 Å². The summed E-state index contributed by atoms with van der Waals surface area (Å²) in [6.07, 6.45) is 3.56. The molecule has 1 heterocycles. The smallest absolute Gasteiger partial charge is 0.253 e. The Kier molecular flexibility index (Phi) is 4.12. The molecule has 2 aromatic rings. The molecule has 0 saturated carbocycles. The fraction of sp³-hybridized carbons (Fsp3) is 0.231. The molecule has 0 bridgehead atoms. The molecule has 2 rings (SSSR count). The highest BCUT2D eigenvalue weighted by atomic mass is 35.5. The summed E-state index contributed by atoms with van der Waals surface area (Å²) < 4.78 is 1.68. The van der Waals surface area contributed by atoms with Crippen molar-refractivity contribution in [1.29, 1.82) is 0 Å². The van der Waals surface area contributed by atoms with Gasteiger partial charge in [0.2, 0.25) is 0 Å². The number of aromatic nitrogens is 2. The van der Waals surface area contributed by atoms with E-state index in [0.717, 1.165) is 5.56 Å². The maximum absolute atomic E-state index is 12.1. The fourth-order valence-electron chi connectivity index (χ4n) is 1.69. The van der Waals surface area contributed by atoms with Gasteiger partial charge in [-0.25, -0.2) is 0 Å². The summed E-state index contributed by atoms with van der Waals surface area (Å²) in [5.74, 6) is -0.260. The highest BCUT2D eigenvalue weighted by molar-refractivity contribution is 6.35. The van der Waals surface area contributed by atoms with Crippen LogP contribution in [0.25, 0.3) is 0 Å². The molecule has 1 amide bonds. The van der Waals surface area contributed by atoms with Gasteiger partial charge in [0.15, 0.2) is 0 Å². The number of aryl methyl sites for hydroxylation is 1. The molecule has 1 atom stereocenters. The average molecular weight is 298 g/mol. The predicted octanol–water partition coefficient (Wildman–Crippen LogP) is 3.22. The molecule has 100 valence electrons. The summed E-state index contributed by atoms with van der Waals surface area (Å²) in [4.78, 5) is 12.1. The number of hydrogen-bond donors (Lipinski definition) is 1. The largest absolute Gasteiger partial charge is 0.345 e. The fourth-order valence-corrected chi connectivity index (χ4v) is 2.07. The number of carbonyl (C=O) groups excluding carboxylic acids is 1. The molecule has 4 nitrogen and oxygen atoms in total. The van der Waals surface area contributed by atoms with Crippen molar-refractivity contribution in [3.8, 4) is 0 Å². The van der Waals surface area contributed by atoms with Crippen LogP contribution in [0.1, 0.15) is 28.9 Å². The van der Waals surface area contributed by atoms with Crippen molar-refractivity contribution in [2.75, 3.05) is 0 Å². The lowest BCUT2D eigenvalue weighted by Crippen LogP contribution is -2.26. The molecule has 0 saturated heterocycles. The van der Waals surface area contributed by atoms with Crippen molar-refractivity contribution in [3.05, 3.63) is 51.8 Å². The van der Waals surface area contributed by atoms with Gasteiger partial charge in [0.25, 0.3) is 5.91 Å². The first-order valence-electron chi connectivity index (χ1n) is 5.72. The van der Waals surface area contributed by atoms with Crippen LogP contribution in [0.3, 0.4) is 0 Å². The molecular formula is C13H13Cl2N3O. The summed E-state index contributed by atoms with van der Waals surface area (Å²) in [7, 11) is 1.83. The lowest BCUT2D eigenvalue weighted by Gasteiger charge is -2.13. The van der Waals surface area contributed by atoms with E-state index in [4.69, 9.17) is 23.2 Å². The Morgan fingerprint density at radius 1 is 1.42 bits per heavy atom. The molecule has 0 radical (unpaired) electrons. The number of halogens is 2. The van der Waals surface area contributed by atoms with Gasteiger partial charge in [-0.2, -0.15) is 5.10 Å². The molecule has 0 fully saturated rings. The quantitative estimate of drug-likeness (QED) is 0.945. The standard InChI is InChI=1S/C13H13Cl2N3O/c1-8(9-6-16-18(2)7-9)17-13(19)11-5-10(14)3-4-12(11)15/h3-8H,1-2H3,(H,17,19)/t8-/m0/s1. The average Bonchev–Trinajstić information content (AvgIpc) is 2.79. The minimum Gasteiger partial charge on any atom is -0.345 e. The minimum absolute atomic E-state index is 0.156. The highest BCUT2D eigenvalue weighted by Crippen LogP contribution is 2.21. The first-order valence-corrected chi connectivity index (χ1v) is 6.47. The molecule has 0 spiro atoms. The second-order valence-electron chi connectivity index (χ2n) is 4.27. The van der Waals surface area contributed by atoms with Crippen molar-refractivity contribution in [2.24, 2.45) is 7.05 Å². The molecule has 0 aliphatic rings. The molecule has 1 aromatic carbocycles. The van der Waals surface area contributed by atoms with E-state index in [0.29, 0.717) is 15.6 Å². The van der Waals surface area contributed by atoms with E-state index in [1.807, 2.05) is 20.2 Å². The summed E-state index contributed by atoms with van der Waals surface area (Å²) in [5, 5.41) is 7.78. The number of amides is 1. The third-order valence-corrected chi connectivity index (χ3v) is 3.31. The van der Waals surface area contributed by atoms with Crippen LogP contribution in [0.15, 0.2) is 30.6 Å². The highest BCUT2D eigenvalue weighted by Gasteiger charge is 2.15. The van der Waals surface area contributed by atoms with Gasteiger partial charge in [0.05, 0.1) is 22.8 Å². The van der Waals surface area contributed by atoms with Crippen LogP contribution < -0.4 is 5.32 Å². The number of hydrogen-bond acceptors (Lipinski definition) is 2. The minimum atomic E-state index is -0.260. The van der Waals surface area contributed by atoms with Crippen molar-refractivity contribution in [1.82, 2.24) is 15.1 Å². The SMILES string of the molecule is C[C@H](NC(=O)c1cc(Cl)ccc1Cl)c1cnn(C)c1. The maximum Gasteiger partial charge on any atom is 0.253 e. The van der Waals surface area contributed by atoms with Crippen LogP contribution in [-0.4, -0.2) is 15.7 Å². The van der Waals surface area contributed by atoms with E-state index in [-0.39, 0.29) is 11.9 Å². The van der Waals surface area contributed by atoms with E-state index in [1.165, 1.54) is 0 Å². The summed E-state index contributed by atoms with van der Waals surface area (Å²) >= 11 is 11.9. The van der Waals surface area contributed by atoms with Gasteiger partial charge in [-0.05, 0) is 25.1 Å². The van der Waals surface area contributed by atoms with Crippen LogP contribution in [0.4, 0.5) is 0 Å². The van der Waals surface area contributed by atoms with E-state index >= 15 is 0 Å². The maximum atomic E-state index is 12.1. The van der Waals surface area contributed by atoms with Crippen LogP contribution in [0.2, 0.25) is 10.0 Å². The van der Waals surface area contributed by atoms with E-state index in [9.17, 15) is 4.79 Å². The van der Waals surface area contributed by atoms with Gasteiger partial charge in [-0.3, -0.25) is 9.48 Å². The Hall–Kier alpha value is -1.52. The Morgan fingerprint density at radius 2 is 2.16 bits per heavy atom. The van der Waals surface area contributed by atoms with Crippen molar-refractivity contribution in [2.45, 2.75) is 13.0 Å². The Labute approximate surface area is 121 Å². The molecule has 1 N–H and O–H groups in total. The lowest BCUT2D eigenvalue weighted by molar-refractivity contribution is 0.0940. The molecule has 0 unspecified atom stereocenters. The lowest BCUT2D eigenvalue weighted by atomic mass is 10.1. The van der Waals surface area contributed by atoms with Crippen molar-refractivity contribution in [3.63, 3.8) is 0 Å². The van der Waals surface area contributed by atoms with Crippen molar-refractivity contribution < 1.29 is 4.79 Å². The van der Waals surface area contributed by atoms with Crippen molar-refractivity contribution >= 4 is 29.1 Å². The van der Waals surface area contributed by atoms with Crippen LogP contribution >= 0.6 is 23.2 Å². The van der Waals surface area contributed by atoms with Gasteiger partial charge >= 0.3 is 0 Å². The Balaban J connectivity index is 2.15. The van der Waals surface area contributed by atoms with E-state index < -0.39 is 0 Å². The second kappa shape index (κ2) is 5.63. The summed E-state index contributed by atoms with van der Waals surface area (Å²) in [6.45, 7) is 1.88.